The van der Waals surface area contributed by atoms with Crippen LogP contribution in [0.25, 0.3) is 0 Å². The molecule has 0 saturated carbocycles. The van der Waals surface area contributed by atoms with Crippen LogP contribution in [0.3, 0.4) is 0 Å². The lowest BCUT2D eigenvalue weighted by molar-refractivity contribution is 0.0915. The molecule has 0 unspecified atom stereocenters. The zero-order chi connectivity index (χ0) is 17.1. The van der Waals surface area contributed by atoms with Crippen molar-refractivity contribution in [1.29, 1.82) is 0 Å². The van der Waals surface area contributed by atoms with Gasteiger partial charge >= 0.3 is 0 Å². The number of ketones is 3. The van der Waals surface area contributed by atoms with E-state index in [0.29, 0.717) is 33.8 Å². The van der Waals surface area contributed by atoms with Gasteiger partial charge in [-0.2, -0.15) is 0 Å². The van der Waals surface area contributed by atoms with E-state index in [2.05, 4.69) is 4.98 Å². The van der Waals surface area contributed by atoms with Gasteiger partial charge in [0.05, 0.1) is 5.69 Å². The highest BCUT2D eigenvalue weighted by atomic mass is 16.5. The molecule has 5 nitrogen and oxygen atoms in total. The Balaban J connectivity index is 2.09. The van der Waals surface area contributed by atoms with Crippen molar-refractivity contribution in [2.24, 2.45) is 0 Å². The summed E-state index contributed by atoms with van der Waals surface area (Å²) in [5.74, 6) is 0.183. The first-order chi connectivity index (χ1) is 10.8. The molecular weight excluding hydrogens is 294 g/mol. The van der Waals surface area contributed by atoms with Gasteiger partial charge in [-0.25, -0.2) is 0 Å². The summed E-state index contributed by atoms with van der Waals surface area (Å²) in [6.45, 7) is 6.33. The van der Waals surface area contributed by atoms with Gasteiger partial charge in [-0.05, 0) is 57.5 Å². The summed E-state index contributed by atoms with van der Waals surface area (Å²) in [5, 5.41) is 0. The molecule has 0 radical (unpaired) electrons. The number of carbonyl (C=O) groups is 3. The van der Waals surface area contributed by atoms with E-state index in [1.54, 1.807) is 38.1 Å². The molecule has 0 aliphatic heterocycles. The molecule has 1 aromatic carbocycles. The summed E-state index contributed by atoms with van der Waals surface area (Å²) >= 11 is 0. The molecule has 0 amide bonds. The van der Waals surface area contributed by atoms with E-state index in [9.17, 15) is 14.4 Å². The molecular formula is C18H19NO4. The van der Waals surface area contributed by atoms with E-state index in [-0.39, 0.29) is 24.0 Å². The summed E-state index contributed by atoms with van der Waals surface area (Å²) in [7, 11) is 0. The number of hydrogen-bond acceptors (Lipinski definition) is 4. The molecule has 0 fully saturated rings. The van der Waals surface area contributed by atoms with Gasteiger partial charge in [-0.1, -0.05) is 0 Å². The van der Waals surface area contributed by atoms with Crippen LogP contribution in [0.15, 0.2) is 24.3 Å². The van der Waals surface area contributed by atoms with Crippen LogP contribution in [-0.4, -0.2) is 28.9 Å². The Morgan fingerprint density at radius 2 is 1.61 bits per heavy atom. The van der Waals surface area contributed by atoms with Crippen molar-refractivity contribution in [3.05, 3.63) is 52.3 Å². The van der Waals surface area contributed by atoms with Crippen molar-refractivity contribution in [1.82, 2.24) is 4.98 Å². The largest absolute Gasteiger partial charge is 0.485 e. The van der Waals surface area contributed by atoms with E-state index in [1.165, 1.54) is 13.8 Å². The third-order valence-corrected chi connectivity index (χ3v) is 3.70. The molecule has 1 N–H and O–H groups in total. The number of H-pyrrole nitrogens is 1. The molecule has 2 aromatic rings. The number of nitrogens with one attached hydrogen (secondary N) is 1. The second-order valence-corrected chi connectivity index (χ2v) is 5.47. The van der Waals surface area contributed by atoms with Gasteiger partial charge < -0.3 is 9.72 Å². The maximum Gasteiger partial charge on any atom is 0.216 e. The maximum absolute atomic E-state index is 12.3. The van der Waals surface area contributed by atoms with Crippen LogP contribution >= 0.6 is 0 Å². The Morgan fingerprint density at radius 1 is 1.00 bits per heavy atom. The fourth-order valence-electron chi connectivity index (χ4n) is 2.56. The fraction of sp³-hybridized carbons (Fsp3) is 0.278. The van der Waals surface area contributed by atoms with Crippen molar-refractivity contribution in [2.75, 3.05) is 6.61 Å². The minimum Gasteiger partial charge on any atom is -0.485 e. The molecule has 0 aliphatic carbocycles. The van der Waals surface area contributed by atoms with Crippen LogP contribution in [0.5, 0.6) is 5.75 Å². The first-order valence-electron chi connectivity index (χ1n) is 7.28. The number of benzene rings is 1. The van der Waals surface area contributed by atoms with Crippen LogP contribution < -0.4 is 4.74 Å². The van der Waals surface area contributed by atoms with Crippen molar-refractivity contribution >= 4 is 17.3 Å². The summed E-state index contributed by atoms with van der Waals surface area (Å²) in [6.07, 6.45) is 0. The molecule has 120 valence electrons. The molecule has 1 heterocycles. The number of ether oxygens (including phenoxy) is 1. The molecule has 0 bridgehead atoms. The first-order valence-corrected chi connectivity index (χ1v) is 7.28. The highest BCUT2D eigenvalue weighted by Crippen LogP contribution is 2.19. The lowest BCUT2D eigenvalue weighted by Crippen LogP contribution is -2.13. The van der Waals surface area contributed by atoms with E-state index in [0.717, 1.165) is 0 Å². The number of aromatic nitrogens is 1. The van der Waals surface area contributed by atoms with Gasteiger partial charge in [0.1, 0.15) is 5.75 Å². The quantitative estimate of drug-likeness (QED) is 0.830. The Hall–Kier alpha value is -2.69. The number of aryl methyl sites for hydroxylation is 1. The predicted octanol–water partition coefficient (Wildman–Crippen LogP) is 3.30. The normalized spacial score (nSPS) is 10.4. The molecule has 5 heteroatoms. The second kappa shape index (κ2) is 6.60. The molecule has 2 rings (SSSR count). The van der Waals surface area contributed by atoms with Crippen molar-refractivity contribution < 1.29 is 19.1 Å². The minimum atomic E-state index is -0.228. The van der Waals surface area contributed by atoms with Gasteiger partial charge in [0.2, 0.25) is 5.78 Å². The van der Waals surface area contributed by atoms with E-state index < -0.39 is 0 Å². The summed E-state index contributed by atoms with van der Waals surface area (Å²) in [4.78, 5) is 38.0. The van der Waals surface area contributed by atoms with Crippen LogP contribution in [0.1, 0.15) is 56.3 Å². The average Bonchev–Trinajstić information content (AvgIpc) is 2.80. The fourth-order valence-corrected chi connectivity index (χ4v) is 2.56. The maximum atomic E-state index is 12.3. The summed E-state index contributed by atoms with van der Waals surface area (Å²) in [6, 6.07) is 6.61. The second-order valence-electron chi connectivity index (χ2n) is 5.47. The zero-order valence-corrected chi connectivity index (χ0v) is 13.6. The standard InChI is InChI=1S/C18H19NO4/c1-10-17(13(4)21)11(2)19-18(10)16(22)9-23-15-7-5-14(6-8-15)12(3)20/h5-8,19H,9H2,1-4H3. The van der Waals surface area contributed by atoms with Gasteiger partial charge in [-0.15, -0.1) is 0 Å². The third-order valence-electron chi connectivity index (χ3n) is 3.70. The van der Waals surface area contributed by atoms with Gasteiger partial charge in [0.25, 0.3) is 0 Å². The van der Waals surface area contributed by atoms with Crippen molar-refractivity contribution in [2.45, 2.75) is 27.7 Å². The topological polar surface area (TPSA) is 76.2 Å². The van der Waals surface area contributed by atoms with Gasteiger partial charge in [0.15, 0.2) is 18.2 Å². The van der Waals surface area contributed by atoms with Crippen molar-refractivity contribution in [3.8, 4) is 5.75 Å². The van der Waals surface area contributed by atoms with Gasteiger partial charge in [0, 0.05) is 16.8 Å². The smallest absolute Gasteiger partial charge is 0.216 e. The summed E-state index contributed by atoms with van der Waals surface area (Å²) < 4.78 is 5.46. The lowest BCUT2D eigenvalue weighted by Gasteiger charge is -2.06. The monoisotopic (exact) mass is 313 g/mol. The van der Waals surface area contributed by atoms with Crippen LogP contribution in [0, 0.1) is 13.8 Å². The Morgan fingerprint density at radius 3 is 2.09 bits per heavy atom. The number of rotatable bonds is 6. The third kappa shape index (κ3) is 3.56. The first kappa shape index (κ1) is 16.7. The molecule has 0 saturated heterocycles. The number of Topliss-reactive ketones (excluding diaryl/α,β-unsaturated/α-hetero) is 3. The molecule has 0 atom stereocenters. The minimum absolute atomic E-state index is 0.0260. The van der Waals surface area contributed by atoms with E-state index in [4.69, 9.17) is 4.74 Å². The summed E-state index contributed by atoms with van der Waals surface area (Å²) in [5.41, 5.74) is 2.87. The van der Waals surface area contributed by atoms with Gasteiger partial charge in [-0.3, -0.25) is 14.4 Å². The SMILES string of the molecule is CC(=O)c1ccc(OCC(=O)c2[nH]c(C)c(C(C)=O)c2C)cc1. The zero-order valence-electron chi connectivity index (χ0n) is 13.6. The Kier molecular flexibility index (Phi) is 4.79. The van der Waals surface area contributed by atoms with E-state index in [1.807, 2.05) is 0 Å². The van der Waals surface area contributed by atoms with Crippen LogP contribution in [0.2, 0.25) is 0 Å². The number of hydrogen-bond donors (Lipinski definition) is 1. The number of aromatic amines is 1. The molecule has 1 aromatic heterocycles. The lowest BCUT2D eigenvalue weighted by atomic mass is 10.1. The average molecular weight is 313 g/mol. The predicted molar refractivity (Wildman–Crippen MR) is 86.5 cm³/mol. The highest BCUT2D eigenvalue weighted by molar-refractivity contribution is 6.03. The molecule has 0 aliphatic rings. The van der Waals surface area contributed by atoms with Crippen LogP contribution in [-0.2, 0) is 0 Å². The molecule has 23 heavy (non-hydrogen) atoms. The van der Waals surface area contributed by atoms with Crippen LogP contribution in [0.4, 0.5) is 0 Å². The molecule has 0 spiro atoms. The number of carbonyl (C=O) groups excluding carboxylic acids is 3. The Labute approximate surface area is 134 Å². The van der Waals surface area contributed by atoms with Crippen molar-refractivity contribution in [3.63, 3.8) is 0 Å². The highest BCUT2D eigenvalue weighted by Gasteiger charge is 2.20. The Bertz CT molecular complexity index is 769. The van der Waals surface area contributed by atoms with E-state index >= 15 is 0 Å².